The van der Waals surface area contributed by atoms with E-state index in [2.05, 4.69) is 67.4 Å². The Morgan fingerprint density at radius 1 is 0.333 bits per heavy atom. The first-order chi connectivity index (χ1) is 50.1. The molecular weight excluding hydrogens is 1330 g/mol. The van der Waals surface area contributed by atoms with E-state index in [1.807, 2.05) is 166 Å². The minimum atomic E-state index is -1.55. The summed E-state index contributed by atoms with van der Waals surface area (Å²) in [5, 5.41) is 75.2. The lowest BCUT2D eigenvalue weighted by molar-refractivity contribution is -0.127. The van der Waals surface area contributed by atoms with E-state index in [-0.39, 0.29) is 77.5 Å². The van der Waals surface area contributed by atoms with Crippen LogP contribution >= 0.6 is 0 Å². The van der Waals surface area contributed by atoms with Gasteiger partial charge in [-0.2, -0.15) is 0 Å². The third-order valence-corrected chi connectivity index (χ3v) is 16.5. The van der Waals surface area contributed by atoms with Crippen molar-refractivity contribution in [1.82, 2.24) is 46.6 Å². The van der Waals surface area contributed by atoms with Crippen LogP contribution in [0.3, 0.4) is 0 Å². The van der Waals surface area contributed by atoms with Crippen molar-refractivity contribution in [2.75, 3.05) is 42.3 Å². The molecule has 0 spiro atoms. The molecule has 27 heteroatoms. The molecule has 0 bridgehead atoms. The van der Waals surface area contributed by atoms with E-state index < -0.39 is 74.9 Å². The van der Waals surface area contributed by atoms with Crippen molar-refractivity contribution in [3.8, 4) is 35.5 Å². The van der Waals surface area contributed by atoms with Gasteiger partial charge in [0.05, 0.1) is 37.4 Å². The molecule has 0 heterocycles. The second-order valence-corrected chi connectivity index (χ2v) is 26.5. The Morgan fingerprint density at radius 2 is 0.590 bits per heavy atom. The second kappa shape index (κ2) is 41.3. The quantitative estimate of drug-likeness (QED) is 0.0199. The molecule has 18 N–H and O–H groups in total. The first kappa shape index (κ1) is 82.0. The van der Waals surface area contributed by atoms with Crippen LogP contribution in [0.2, 0.25) is 0 Å². The summed E-state index contributed by atoms with van der Waals surface area (Å²) in [5.41, 5.74) is 31.2. The molecule has 6 amide bonds. The van der Waals surface area contributed by atoms with E-state index in [0.29, 0.717) is 69.7 Å². The molecule has 3 atom stereocenters. The third kappa shape index (κ3) is 28.4. The highest BCUT2D eigenvalue weighted by molar-refractivity contribution is 6.41. The van der Waals surface area contributed by atoms with Gasteiger partial charge in [-0.15, -0.1) is 0 Å². The predicted octanol–water partition coefficient (Wildman–Crippen LogP) is 0.684. The van der Waals surface area contributed by atoms with E-state index in [1.54, 1.807) is 36.4 Å². The van der Waals surface area contributed by atoms with Crippen molar-refractivity contribution >= 4 is 56.8 Å². The lowest BCUT2D eigenvalue weighted by Crippen LogP contribution is -2.43. The Balaban J connectivity index is 1.05. The number of carbonyl (C=O) groups is 6. The van der Waals surface area contributed by atoms with Gasteiger partial charge in [0.1, 0.15) is 0 Å². The van der Waals surface area contributed by atoms with Crippen molar-refractivity contribution in [2.24, 2.45) is 17.2 Å². The average Bonchev–Trinajstić information content (AvgIpc) is 0.868. The molecule has 7 aromatic carbocycles. The van der Waals surface area contributed by atoms with Crippen LogP contribution < -0.4 is 49.1 Å². The van der Waals surface area contributed by atoms with Crippen molar-refractivity contribution in [2.45, 2.75) is 115 Å². The zero-order valence-electron chi connectivity index (χ0n) is 60.1. The van der Waals surface area contributed by atoms with Gasteiger partial charge in [0.15, 0.2) is 0 Å². The van der Waals surface area contributed by atoms with Gasteiger partial charge in [0, 0.05) is 111 Å². The van der Waals surface area contributed by atoms with Crippen LogP contribution in [-0.4, -0.2) is 162 Å². The molecule has 0 aliphatic heterocycles. The van der Waals surface area contributed by atoms with E-state index in [9.17, 15) is 58.9 Å². The fourth-order valence-corrected chi connectivity index (χ4v) is 11.3. The van der Waals surface area contributed by atoms with E-state index >= 15 is 0 Å². The van der Waals surface area contributed by atoms with Crippen molar-refractivity contribution in [3.05, 3.63) is 246 Å². The van der Waals surface area contributed by atoms with Gasteiger partial charge in [0.25, 0.3) is 0 Å². The molecule has 3 unspecified atom stereocenters. The number of nitrogens with two attached hydrogens (primary N) is 3. The molecule has 546 valence electrons. The number of hydrogen-bond donors (Lipinski definition) is 15. The number of amides is 6. The Kier molecular flexibility index (Phi) is 32.3. The predicted molar refractivity (Wildman–Crippen MR) is 406 cm³/mol. The minimum Gasteiger partial charge on any atom is -0.427 e. The zero-order chi connectivity index (χ0) is 76.1. The van der Waals surface area contributed by atoms with Crippen molar-refractivity contribution in [1.29, 1.82) is 0 Å². The summed E-state index contributed by atoms with van der Waals surface area (Å²) in [7, 11) is 6.80. The second-order valence-electron chi connectivity index (χ2n) is 26.5. The van der Waals surface area contributed by atoms with Crippen LogP contribution in [0.4, 0.5) is 0 Å². The van der Waals surface area contributed by atoms with Gasteiger partial charge in [0.2, 0.25) is 35.4 Å². The first-order valence-electron chi connectivity index (χ1n) is 34.3. The lowest BCUT2D eigenvalue weighted by Gasteiger charge is -2.17. The average molecular weight is 1420 g/mol. The van der Waals surface area contributed by atoms with Crippen LogP contribution in [0.1, 0.15) is 119 Å². The fourth-order valence-electron chi connectivity index (χ4n) is 11.3. The van der Waals surface area contributed by atoms with Crippen molar-refractivity contribution in [3.63, 3.8) is 0 Å². The van der Waals surface area contributed by atoms with Gasteiger partial charge in [-0.05, 0) is 145 Å². The van der Waals surface area contributed by atoms with E-state index in [0.717, 1.165) is 50.1 Å². The molecule has 0 saturated carbocycles. The monoisotopic (exact) mass is 1420 g/mol. The van der Waals surface area contributed by atoms with Crippen LogP contribution in [0.5, 0.6) is 0 Å². The number of nitrogens with one attached hydrogen (secondary N) is 6. The van der Waals surface area contributed by atoms with E-state index in [4.69, 9.17) is 17.2 Å². The van der Waals surface area contributed by atoms with Crippen LogP contribution in [0.25, 0.3) is 0 Å². The number of rotatable bonds is 33. The number of nitrogens with zero attached hydrogens (tertiary/aromatic N) is 3. The molecule has 105 heavy (non-hydrogen) atoms. The Hall–Kier alpha value is -10.2. The maximum absolute atomic E-state index is 13.3. The molecule has 0 aliphatic carbocycles. The standard InChI is InChI=1S/C78H93B3N12O12/c1-91(2)49-64-28-22-55(34-67(64)40-79(100)101)43-88-76(97)70(82)37-73(94)85-46-61-16-10-7-13-58(61)25-19-52-31-53(20-26-59-14-8-11-17-62(59)47-86-74(95)38-71(83)77(98)89-44-56-23-29-65(50-92(3)4)68(35-56)41-80(102)103)33-54(32-52)21-27-60-15-9-12-18-63(60)48-87-75(96)39-72(84)78(99)90-45-57-24-30-66(51-93(5)6)69(36-57)42-81(104)105/h7-18,22-24,28-36,70-72,100-105H,37-51,82-84H2,1-6H3,(H,85,94)(H,86,95)(H,87,96)(H,88,97)(H,89,98)(H,90,99). The fraction of sp³-hybridized carbons (Fsp3) is 0.308. The molecule has 0 aromatic heterocycles. The topological polar surface area (TPSA) is 384 Å². The summed E-state index contributed by atoms with van der Waals surface area (Å²) in [4.78, 5) is 85.2. The first-order valence-corrected chi connectivity index (χ1v) is 34.3. The Bertz CT molecular complexity index is 3940. The smallest absolute Gasteiger partial charge is 0.427 e. The molecule has 0 aliphatic rings. The molecule has 7 aromatic rings. The minimum absolute atomic E-state index is 0.0152. The Labute approximate surface area is 615 Å². The number of hydrogen-bond acceptors (Lipinski definition) is 18. The molecule has 24 nitrogen and oxygen atoms in total. The van der Waals surface area contributed by atoms with Gasteiger partial charge < -0.3 is 93.9 Å². The van der Waals surface area contributed by atoms with Gasteiger partial charge >= 0.3 is 21.4 Å². The summed E-state index contributed by atoms with van der Waals surface area (Å²) in [6.45, 7) is 2.25. The molecule has 0 saturated heterocycles. The lowest BCUT2D eigenvalue weighted by atomic mass is 9.79. The molecule has 7 rings (SSSR count). The molecule has 0 radical (unpaired) electrons. The SMILES string of the molecule is CN(C)Cc1ccc(CNC(=O)C(N)CC(=O)NCc2ccccc2C#Cc2cc(C#Cc3ccccc3CNC(=O)CC(N)C(=O)NCc3ccc(CN(C)C)c(CB(O)O)c3)cc(C#Cc3ccccc3CNC(=O)CC(N)C(=O)NCc3ccc(CN(C)C)c(CB(O)O)c3)c2)cc1CB(O)O. The maximum Gasteiger partial charge on any atom is 0.456 e. The molecular formula is C78H93B3N12O12. The summed E-state index contributed by atoms with van der Waals surface area (Å²) >= 11 is 0. The molecule has 0 fully saturated rings. The number of benzene rings is 7. The van der Waals surface area contributed by atoms with Gasteiger partial charge in [-0.3, -0.25) is 28.8 Å². The van der Waals surface area contributed by atoms with Gasteiger partial charge in [-0.1, -0.05) is 145 Å². The van der Waals surface area contributed by atoms with Gasteiger partial charge in [-0.25, -0.2) is 0 Å². The zero-order valence-corrected chi connectivity index (χ0v) is 60.1. The highest BCUT2D eigenvalue weighted by atomic mass is 16.4. The highest BCUT2D eigenvalue weighted by Crippen LogP contribution is 2.20. The summed E-state index contributed by atoms with van der Waals surface area (Å²) in [5.74, 6) is 16.5. The van der Waals surface area contributed by atoms with Crippen LogP contribution in [0, 0.1) is 35.5 Å². The van der Waals surface area contributed by atoms with E-state index in [1.165, 1.54) is 0 Å². The summed E-state index contributed by atoms with van der Waals surface area (Å²) < 4.78 is 0. The normalized spacial score (nSPS) is 11.7. The van der Waals surface area contributed by atoms with Crippen molar-refractivity contribution < 1.29 is 58.9 Å². The summed E-state index contributed by atoms with van der Waals surface area (Å²) in [6.07, 6.45) is -0.871. The summed E-state index contributed by atoms with van der Waals surface area (Å²) in [6, 6.07) is 40.2. The number of carbonyl (C=O) groups excluding carboxylic acids is 6. The largest absolute Gasteiger partial charge is 0.456 e. The third-order valence-electron chi connectivity index (χ3n) is 16.5. The Morgan fingerprint density at radius 3 is 0.838 bits per heavy atom. The highest BCUT2D eigenvalue weighted by Gasteiger charge is 2.23. The van der Waals surface area contributed by atoms with Crippen LogP contribution in [0.15, 0.2) is 146 Å². The maximum atomic E-state index is 13.3. The van der Waals surface area contributed by atoms with Crippen LogP contribution in [-0.2, 0) is 107 Å².